The van der Waals surface area contributed by atoms with Crippen molar-refractivity contribution < 1.29 is 14.3 Å². The van der Waals surface area contributed by atoms with E-state index in [9.17, 15) is 9.59 Å². The molecule has 4 nitrogen and oxygen atoms in total. The Hall–Kier alpha value is -1.84. The second-order valence-electron chi connectivity index (χ2n) is 3.67. The predicted molar refractivity (Wildman–Crippen MR) is 71.6 cm³/mol. The number of carbonyl (C=O) groups excluding carboxylic acids is 2. The molecular weight excluding hydrogens is 230 g/mol. The first-order valence-electron chi connectivity index (χ1n) is 5.96. The van der Waals surface area contributed by atoms with Gasteiger partial charge in [-0.3, -0.25) is 9.59 Å². The van der Waals surface area contributed by atoms with Crippen molar-refractivity contribution in [3.05, 3.63) is 37.0 Å². The van der Waals surface area contributed by atoms with Crippen LogP contribution in [0.3, 0.4) is 0 Å². The molecule has 2 N–H and O–H groups in total. The molecule has 1 atom stereocenters. The Balaban J connectivity index is 0.00000137. The van der Waals surface area contributed by atoms with Gasteiger partial charge in [0.15, 0.2) is 0 Å². The number of ether oxygens (including phenoxy) is 1. The van der Waals surface area contributed by atoms with Crippen molar-refractivity contribution >= 4 is 11.9 Å². The number of rotatable bonds is 5. The minimum absolute atomic E-state index is 0.261. The first-order chi connectivity index (χ1) is 8.65. The third-order valence-corrected chi connectivity index (χ3v) is 2.43. The zero-order valence-electron chi connectivity index (χ0n) is 10.9. The molecule has 1 aliphatic rings. The highest BCUT2D eigenvalue weighted by Gasteiger charge is 2.26. The molecule has 1 rings (SSSR count). The van der Waals surface area contributed by atoms with Crippen molar-refractivity contribution in [2.45, 2.75) is 26.2 Å². The molecule has 0 saturated heterocycles. The maximum Gasteiger partial charge on any atom is 0.318 e. The van der Waals surface area contributed by atoms with Gasteiger partial charge in [0.2, 0.25) is 5.91 Å². The molecule has 4 heteroatoms. The number of nitrogens with two attached hydrogens (primary N) is 1. The zero-order chi connectivity index (χ0) is 14.0. The quantitative estimate of drug-likeness (QED) is 0.462. The molecule has 0 aromatic heterocycles. The van der Waals surface area contributed by atoms with Crippen molar-refractivity contribution in [1.82, 2.24) is 0 Å². The fourth-order valence-corrected chi connectivity index (χ4v) is 1.60. The summed E-state index contributed by atoms with van der Waals surface area (Å²) in [7, 11) is 0. The van der Waals surface area contributed by atoms with E-state index in [0.717, 1.165) is 18.4 Å². The van der Waals surface area contributed by atoms with Gasteiger partial charge in [-0.05, 0) is 26.2 Å². The SMILES string of the molecule is C=C.CCOC(=O)C(CC1=CCCC=C1)C(N)=O. The van der Waals surface area contributed by atoms with Crippen LogP contribution in [0.4, 0.5) is 0 Å². The van der Waals surface area contributed by atoms with E-state index in [1.54, 1.807) is 6.92 Å². The number of hydrogen-bond donors (Lipinski definition) is 1. The van der Waals surface area contributed by atoms with Crippen LogP contribution >= 0.6 is 0 Å². The van der Waals surface area contributed by atoms with Gasteiger partial charge >= 0.3 is 5.97 Å². The van der Waals surface area contributed by atoms with Crippen LogP contribution in [0.1, 0.15) is 26.2 Å². The fraction of sp³-hybridized carbons (Fsp3) is 0.429. The Morgan fingerprint density at radius 3 is 2.56 bits per heavy atom. The molecule has 0 aromatic carbocycles. The van der Waals surface area contributed by atoms with E-state index < -0.39 is 17.8 Å². The normalized spacial score (nSPS) is 14.8. The first kappa shape index (κ1) is 16.2. The highest BCUT2D eigenvalue weighted by Crippen LogP contribution is 2.19. The summed E-state index contributed by atoms with van der Waals surface area (Å²) in [5, 5.41) is 0. The highest BCUT2D eigenvalue weighted by atomic mass is 16.5. The van der Waals surface area contributed by atoms with E-state index in [2.05, 4.69) is 13.2 Å². The molecule has 0 radical (unpaired) electrons. The lowest BCUT2D eigenvalue weighted by molar-refractivity contribution is -0.151. The summed E-state index contributed by atoms with van der Waals surface area (Å²) in [5.74, 6) is -2.03. The monoisotopic (exact) mass is 251 g/mol. The molecular formula is C14H21NO3. The average Bonchev–Trinajstić information content (AvgIpc) is 2.39. The largest absolute Gasteiger partial charge is 0.465 e. The minimum Gasteiger partial charge on any atom is -0.465 e. The standard InChI is InChI=1S/C12H17NO3.C2H4/c1-2-16-12(15)10(11(13)14)8-9-6-4-3-5-7-9;1-2/h4,6-7,10H,2-3,5,8H2,1H3,(H2,13,14);1-2H2. The van der Waals surface area contributed by atoms with Crippen molar-refractivity contribution in [2.24, 2.45) is 11.7 Å². The zero-order valence-corrected chi connectivity index (χ0v) is 10.9. The third kappa shape index (κ3) is 5.48. The average molecular weight is 251 g/mol. The Labute approximate surface area is 108 Å². The lowest BCUT2D eigenvalue weighted by atomic mass is 9.95. The van der Waals surface area contributed by atoms with E-state index in [1.807, 2.05) is 18.2 Å². The molecule has 0 saturated carbocycles. The summed E-state index contributed by atoms with van der Waals surface area (Å²) in [6.07, 6.45) is 8.27. The summed E-state index contributed by atoms with van der Waals surface area (Å²) < 4.78 is 4.82. The highest BCUT2D eigenvalue weighted by molar-refractivity contribution is 5.97. The number of carbonyl (C=O) groups is 2. The van der Waals surface area contributed by atoms with E-state index >= 15 is 0 Å². The van der Waals surface area contributed by atoms with Gasteiger partial charge in [-0.25, -0.2) is 0 Å². The molecule has 1 unspecified atom stereocenters. The van der Waals surface area contributed by atoms with Crippen molar-refractivity contribution in [3.63, 3.8) is 0 Å². The number of primary amides is 1. The number of amides is 1. The molecule has 0 bridgehead atoms. The summed E-state index contributed by atoms with van der Waals surface area (Å²) in [6.45, 7) is 7.97. The van der Waals surface area contributed by atoms with Gasteiger partial charge in [0.05, 0.1) is 6.61 Å². The molecule has 0 aromatic rings. The predicted octanol–water partition coefficient (Wildman–Crippen LogP) is 2.12. The number of esters is 1. The van der Waals surface area contributed by atoms with E-state index in [-0.39, 0.29) is 6.61 Å². The van der Waals surface area contributed by atoms with Crippen LogP contribution in [0, 0.1) is 5.92 Å². The second-order valence-corrected chi connectivity index (χ2v) is 3.67. The Bertz CT molecular complexity index is 345. The van der Waals surface area contributed by atoms with Gasteiger partial charge in [-0.2, -0.15) is 0 Å². The second kappa shape index (κ2) is 9.22. The van der Waals surface area contributed by atoms with Gasteiger partial charge in [0.1, 0.15) is 5.92 Å². The van der Waals surface area contributed by atoms with Crippen LogP contribution in [0.2, 0.25) is 0 Å². The van der Waals surface area contributed by atoms with Crippen molar-refractivity contribution in [2.75, 3.05) is 6.61 Å². The minimum atomic E-state index is -0.867. The first-order valence-corrected chi connectivity index (χ1v) is 5.96. The smallest absolute Gasteiger partial charge is 0.318 e. The molecule has 1 amide bonds. The lowest BCUT2D eigenvalue weighted by Crippen LogP contribution is -2.32. The van der Waals surface area contributed by atoms with E-state index in [0.29, 0.717) is 6.42 Å². The van der Waals surface area contributed by atoms with Gasteiger partial charge in [-0.1, -0.05) is 23.8 Å². The summed E-state index contributed by atoms with van der Waals surface area (Å²) in [5.41, 5.74) is 6.17. The topological polar surface area (TPSA) is 69.4 Å². The molecule has 0 spiro atoms. The molecule has 0 heterocycles. The molecule has 1 aliphatic carbocycles. The third-order valence-electron chi connectivity index (χ3n) is 2.43. The molecule has 0 fully saturated rings. The molecule has 0 aliphatic heterocycles. The van der Waals surface area contributed by atoms with Gasteiger partial charge < -0.3 is 10.5 Å². The van der Waals surface area contributed by atoms with Crippen LogP contribution in [-0.4, -0.2) is 18.5 Å². The van der Waals surface area contributed by atoms with Crippen LogP contribution in [-0.2, 0) is 14.3 Å². The Morgan fingerprint density at radius 2 is 2.11 bits per heavy atom. The van der Waals surface area contributed by atoms with Gasteiger partial charge in [-0.15, -0.1) is 13.2 Å². The molecule has 18 heavy (non-hydrogen) atoms. The summed E-state index contributed by atoms with van der Waals surface area (Å²) in [6, 6.07) is 0. The summed E-state index contributed by atoms with van der Waals surface area (Å²) >= 11 is 0. The van der Waals surface area contributed by atoms with Crippen LogP contribution in [0.25, 0.3) is 0 Å². The van der Waals surface area contributed by atoms with Crippen LogP contribution < -0.4 is 5.73 Å². The van der Waals surface area contributed by atoms with Gasteiger partial charge in [0, 0.05) is 0 Å². The molecule has 100 valence electrons. The van der Waals surface area contributed by atoms with E-state index in [4.69, 9.17) is 10.5 Å². The summed E-state index contributed by atoms with van der Waals surface area (Å²) in [4.78, 5) is 22.6. The number of allylic oxidation sites excluding steroid dienone is 4. The van der Waals surface area contributed by atoms with Crippen LogP contribution in [0.15, 0.2) is 37.0 Å². The maximum absolute atomic E-state index is 11.5. The van der Waals surface area contributed by atoms with Gasteiger partial charge in [0.25, 0.3) is 0 Å². The van der Waals surface area contributed by atoms with Crippen LogP contribution in [0.5, 0.6) is 0 Å². The number of hydrogen-bond acceptors (Lipinski definition) is 3. The van der Waals surface area contributed by atoms with E-state index in [1.165, 1.54) is 0 Å². The lowest BCUT2D eigenvalue weighted by Gasteiger charge is -2.14. The fourth-order valence-electron chi connectivity index (χ4n) is 1.60. The Kier molecular flexibility index (Phi) is 8.27. The Morgan fingerprint density at radius 1 is 1.44 bits per heavy atom. The van der Waals surface area contributed by atoms with Crippen molar-refractivity contribution in [1.29, 1.82) is 0 Å². The maximum atomic E-state index is 11.5. The van der Waals surface area contributed by atoms with Crippen molar-refractivity contribution in [3.8, 4) is 0 Å².